The van der Waals surface area contributed by atoms with Crippen molar-refractivity contribution >= 4 is 17.0 Å². The van der Waals surface area contributed by atoms with E-state index in [1.807, 2.05) is 12.1 Å². The summed E-state index contributed by atoms with van der Waals surface area (Å²) in [5, 5.41) is 4.17. The molecule has 0 saturated carbocycles. The normalized spacial score (nSPS) is 10.5. The Kier molecular flexibility index (Phi) is 4.15. The zero-order valence-electron chi connectivity index (χ0n) is 9.90. The Morgan fingerprint density at radius 1 is 1.24 bits per heavy atom. The monoisotopic (exact) mass is 249 g/mol. The molecule has 17 heavy (non-hydrogen) atoms. The molecule has 0 unspecified atom stereocenters. The van der Waals surface area contributed by atoms with Crippen molar-refractivity contribution in [3.05, 3.63) is 52.5 Å². The first kappa shape index (κ1) is 12.1. The van der Waals surface area contributed by atoms with Crippen molar-refractivity contribution in [3.8, 4) is 0 Å². The minimum atomic E-state index is -0.142. The topological polar surface area (TPSA) is 3.24 Å². The Morgan fingerprint density at radius 2 is 2.06 bits per heavy atom. The lowest BCUT2D eigenvalue weighted by molar-refractivity contribution is 0.614. The summed E-state index contributed by atoms with van der Waals surface area (Å²) < 4.78 is 13.8. The number of para-hydroxylation sites is 1. The number of nitrogens with zero attached hydrogens (tertiary/aromatic N) is 1. The van der Waals surface area contributed by atoms with E-state index in [-0.39, 0.29) is 5.82 Å². The highest BCUT2D eigenvalue weighted by Crippen LogP contribution is 2.21. The van der Waals surface area contributed by atoms with Crippen molar-refractivity contribution in [2.45, 2.75) is 19.9 Å². The van der Waals surface area contributed by atoms with Crippen LogP contribution in [0, 0.1) is 5.82 Å². The van der Waals surface area contributed by atoms with Gasteiger partial charge in [-0.3, -0.25) is 0 Å². The van der Waals surface area contributed by atoms with Crippen LogP contribution in [0.1, 0.15) is 18.9 Å². The quantitative estimate of drug-likeness (QED) is 0.763. The molecular weight excluding hydrogens is 233 g/mol. The van der Waals surface area contributed by atoms with Gasteiger partial charge in [-0.05, 0) is 40.9 Å². The Labute approximate surface area is 106 Å². The minimum Gasteiger partial charge on any atom is -0.365 e. The van der Waals surface area contributed by atoms with E-state index in [1.165, 1.54) is 11.6 Å². The van der Waals surface area contributed by atoms with Gasteiger partial charge in [0.25, 0.3) is 0 Å². The molecule has 1 heterocycles. The third-order valence-electron chi connectivity index (χ3n) is 2.64. The number of anilines is 1. The Morgan fingerprint density at radius 3 is 2.71 bits per heavy atom. The van der Waals surface area contributed by atoms with E-state index >= 15 is 0 Å². The van der Waals surface area contributed by atoms with Crippen molar-refractivity contribution < 1.29 is 4.39 Å². The standard InChI is InChI=1S/C14H16FNS/c1-2-8-16(10-12-7-9-17-11-12)14-6-4-3-5-13(14)15/h3-7,9,11H,2,8,10H2,1H3. The van der Waals surface area contributed by atoms with Gasteiger partial charge in [0, 0.05) is 13.1 Å². The zero-order valence-corrected chi connectivity index (χ0v) is 10.7. The lowest BCUT2D eigenvalue weighted by Gasteiger charge is -2.24. The maximum atomic E-state index is 13.8. The number of hydrogen-bond donors (Lipinski definition) is 0. The van der Waals surface area contributed by atoms with Crippen molar-refractivity contribution in [1.82, 2.24) is 0 Å². The number of benzene rings is 1. The van der Waals surface area contributed by atoms with Crippen LogP contribution < -0.4 is 4.90 Å². The molecule has 1 aromatic heterocycles. The van der Waals surface area contributed by atoms with Crippen LogP contribution in [0.4, 0.5) is 10.1 Å². The van der Waals surface area contributed by atoms with Crippen LogP contribution >= 0.6 is 11.3 Å². The minimum absolute atomic E-state index is 0.142. The van der Waals surface area contributed by atoms with Crippen molar-refractivity contribution in [2.24, 2.45) is 0 Å². The number of hydrogen-bond acceptors (Lipinski definition) is 2. The van der Waals surface area contributed by atoms with Gasteiger partial charge in [0.15, 0.2) is 0 Å². The first-order valence-corrected chi connectivity index (χ1v) is 6.76. The van der Waals surface area contributed by atoms with Crippen LogP contribution in [0.3, 0.4) is 0 Å². The summed E-state index contributed by atoms with van der Waals surface area (Å²) in [7, 11) is 0. The lowest BCUT2D eigenvalue weighted by atomic mass is 10.2. The van der Waals surface area contributed by atoms with Gasteiger partial charge in [0.05, 0.1) is 5.69 Å². The van der Waals surface area contributed by atoms with Gasteiger partial charge < -0.3 is 4.90 Å². The van der Waals surface area contributed by atoms with Gasteiger partial charge in [0.2, 0.25) is 0 Å². The first-order valence-electron chi connectivity index (χ1n) is 5.82. The number of halogens is 1. The molecule has 0 atom stereocenters. The van der Waals surface area contributed by atoms with Crippen LogP contribution in [-0.2, 0) is 6.54 Å². The van der Waals surface area contributed by atoms with Gasteiger partial charge in [-0.2, -0.15) is 11.3 Å². The summed E-state index contributed by atoms with van der Waals surface area (Å²) in [5.74, 6) is -0.142. The fourth-order valence-electron chi connectivity index (χ4n) is 1.87. The molecule has 0 amide bonds. The molecule has 0 aliphatic rings. The molecular formula is C14H16FNS. The first-order chi connectivity index (χ1) is 8.31. The average molecular weight is 249 g/mol. The van der Waals surface area contributed by atoms with Crippen LogP contribution in [0.2, 0.25) is 0 Å². The van der Waals surface area contributed by atoms with Gasteiger partial charge in [-0.25, -0.2) is 4.39 Å². The van der Waals surface area contributed by atoms with E-state index in [4.69, 9.17) is 0 Å². The lowest BCUT2D eigenvalue weighted by Crippen LogP contribution is -2.24. The predicted octanol–water partition coefficient (Wildman–Crippen LogP) is 4.30. The van der Waals surface area contributed by atoms with Crippen LogP contribution in [0.25, 0.3) is 0 Å². The fraction of sp³-hybridized carbons (Fsp3) is 0.286. The van der Waals surface area contributed by atoms with Gasteiger partial charge in [-0.15, -0.1) is 0 Å². The van der Waals surface area contributed by atoms with E-state index in [0.29, 0.717) is 5.69 Å². The number of rotatable bonds is 5. The van der Waals surface area contributed by atoms with Crippen molar-refractivity contribution in [1.29, 1.82) is 0 Å². The zero-order chi connectivity index (χ0) is 12.1. The maximum Gasteiger partial charge on any atom is 0.146 e. The van der Waals surface area contributed by atoms with Gasteiger partial charge in [-0.1, -0.05) is 19.1 Å². The third kappa shape index (κ3) is 3.07. The largest absolute Gasteiger partial charge is 0.365 e. The highest BCUT2D eigenvalue weighted by Gasteiger charge is 2.10. The second-order valence-corrected chi connectivity index (χ2v) is 4.78. The summed E-state index contributed by atoms with van der Waals surface area (Å²) >= 11 is 1.68. The van der Waals surface area contributed by atoms with Crippen molar-refractivity contribution in [2.75, 3.05) is 11.4 Å². The molecule has 0 fully saturated rings. The second-order valence-electron chi connectivity index (χ2n) is 4.00. The van der Waals surface area contributed by atoms with E-state index in [9.17, 15) is 4.39 Å². The Bertz CT molecular complexity index is 453. The Balaban J connectivity index is 2.20. The van der Waals surface area contributed by atoms with E-state index in [1.54, 1.807) is 17.4 Å². The summed E-state index contributed by atoms with van der Waals surface area (Å²) in [6.45, 7) is 3.76. The molecule has 0 aliphatic carbocycles. The molecule has 0 aliphatic heterocycles. The fourth-order valence-corrected chi connectivity index (χ4v) is 2.53. The van der Waals surface area contributed by atoms with Gasteiger partial charge >= 0.3 is 0 Å². The average Bonchev–Trinajstić information content (AvgIpc) is 2.82. The Hall–Kier alpha value is -1.35. The molecule has 0 saturated heterocycles. The summed E-state index contributed by atoms with van der Waals surface area (Å²) in [6, 6.07) is 9.07. The molecule has 0 bridgehead atoms. The molecule has 2 aromatic rings. The molecule has 0 spiro atoms. The second kappa shape index (κ2) is 5.82. The molecule has 0 N–H and O–H groups in total. The highest BCUT2D eigenvalue weighted by molar-refractivity contribution is 7.07. The smallest absolute Gasteiger partial charge is 0.146 e. The molecule has 0 radical (unpaired) electrons. The summed E-state index contributed by atoms with van der Waals surface area (Å²) in [6.07, 6.45) is 1.01. The maximum absolute atomic E-state index is 13.8. The van der Waals surface area contributed by atoms with E-state index in [0.717, 1.165) is 19.5 Å². The molecule has 90 valence electrons. The van der Waals surface area contributed by atoms with E-state index in [2.05, 4.69) is 28.7 Å². The third-order valence-corrected chi connectivity index (χ3v) is 3.37. The highest BCUT2D eigenvalue weighted by atomic mass is 32.1. The van der Waals surface area contributed by atoms with Crippen LogP contribution in [-0.4, -0.2) is 6.54 Å². The predicted molar refractivity (Wildman–Crippen MR) is 72.1 cm³/mol. The molecule has 1 aromatic carbocycles. The summed E-state index contributed by atoms with van der Waals surface area (Å²) in [4.78, 5) is 2.09. The van der Waals surface area contributed by atoms with Crippen molar-refractivity contribution in [3.63, 3.8) is 0 Å². The van der Waals surface area contributed by atoms with Gasteiger partial charge in [0.1, 0.15) is 5.82 Å². The SMILES string of the molecule is CCCN(Cc1ccsc1)c1ccccc1F. The number of thiophene rings is 1. The van der Waals surface area contributed by atoms with Crippen LogP contribution in [0.5, 0.6) is 0 Å². The molecule has 1 nitrogen and oxygen atoms in total. The summed E-state index contributed by atoms with van der Waals surface area (Å²) in [5.41, 5.74) is 1.94. The van der Waals surface area contributed by atoms with E-state index < -0.39 is 0 Å². The molecule has 2 rings (SSSR count). The van der Waals surface area contributed by atoms with Crippen LogP contribution in [0.15, 0.2) is 41.1 Å². The molecule has 3 heteroatoms.